The van der Waals surface area contributed by atoms with E-state index in [9.17, 15) is 23.6 Å². The van der Waals surface area contributed by atoms with E-state index in [-0.39, 0.29) is 48.3 Å². The van der Waals surface area contributed by atoms with Crippen molar-refractivity contribution in [2.45, 2.75) is 32.0 Å². The number of carbonyl (C=O) groups excluding carboxylic acids is 4. The van der Waals surface area contributed by atoms with Gasteiger partial charge in [-0.05, 0) is 41.8 Å². The van der Waals surface area contributed by atoms with Crippen molar-refractivity contribution in [2.24, 2.45) is 0 Å². The fourth-order valence-electron chi connectivity index (χ4n) is 3.76. The highest BCUT2D eigenvalue weighted by Crippen LogP contribution is 2.29. The molecule has 0 spiro atoms. The normalized spacial score (nSPS) is 18.3. The van der Waals surface area contributed by atoms with Crippen LogP contribution >= 0.6 is 11.6 Å². The Bertz CT molecular complexity index is 1090. The first-order valence-corrected chi connectivity index (χ1v) is 9.71. The quantitative estimate of drug-likeness (QED) is 0.728. The third-order valence-electron chi connectivity index (χ3n) is 5.29. The van der Waals surface area contributed by atoms with Gasteiger partial charge in [-0.3, -0.25) is 24.5 Å². The topological polar surface area (TPSA) is 95.6 Å². The Morgan fingerprint density at radius 1 is 1.23 bits per heavy atom. The van der Waals surface area contributed by atoms with Gasteiger partial charge in [0.25, 0.3) is 11.8 Å². The van der Waals surface area contributed by atoms with Crippen molar-refractivity contribution >= 4 is 35.2 Å². The second-order valence-corrected chi connectivity index (χ2v) is 7.59. The number of piperidine rings is 1. The number of rotatable bonds is 4. The number of hydrogen-bond donors (Lipinski definition) is 2. The van der Waals surface area contributed by atoms with Crippen LogP contribution in [0.1, 0.15) is 44.7 Å². The molecular weight excluding hydrogens is 413 g/mol. The van der Waals surface area contributed by atoms with Crippen LogP contribution in [0, 0.1) is 5.82 Å². The zero-order chi connectivity index (χ0) is 21.4. The summed E-state index contributed by atoms with van der Waals surface area (Å²) < 4.78 is 14.0. The van der Waals surface area contributed by atoms with Gasteiger partial charge in [-0.1, -0.05) is 23.7 Å². The van der Waals surface area contributed by atoms with Crippen LogP contribution in [0.4, 0.5) is 4.39 Å². The predicted octanol–water partition coefficient (Wildman–Crippen LogP) is 2.17. The first-order chi connectivity index (χ1) is 14.3. The highest BCUT2D eigenvalue weighted by atomic mass is 35.5. The van der Waals surface area contributed by atoms with E-state index in [1.807, 2.05) is 0 Å². The van der Waals surface area contributed by atoms with Gasteiger partial charge in [0, 0.05) is 30.1 Å². The molecule has 1 unspecified atom stereocenters. The molecule has 2 aromatic rings. The number of halogens is 2. The van der Waals surface area contributed by atoms with Crippen molar-refractivity contribution in [1.29, 1.82) is 0 Å². The summed E-state index contributed by atoms with van der Waals surface area (Å²) in [5, 5.41) is 5.11. The number of carbonyl (C=O) groups is 4. The van der Waals surface area contributed by atoms with Crippen molar-refractivity contribution in [3.05, 3.63) is 69.5 Å². The maximum absolute atomic E-state index is 14.0. The zero-order valence-corrected chi connectivity index (χ0v) is 16.5. The molecule has 0 saturated carbocycles. The molecule has 1 saturated heterocycles. The summed E-state index contributed by atoms with van der Waals surface area (Å²) in [4.78, 5) is 50.2. The Morgan fingerprint density at radius 3 is 2.77 bits per heavy atom. The van der Waals surface area contributed by atoms with Gasteiger partial charge in [-0.2, -0.15) is 0 Å². The zero-order valence-electron chi connectivity index (χ0n) is 15.7. The third-order valence-corrected chi connectivity index (χ3v) is 5.53. The van der Waals surface area contributed by atoms with Crippen molar-refractivity contribution in [3.63, 3.8) is 0 Å². The molecule has 0 radical (unpaired) electrons. The van der Waals surface area contributed by atoms with Crippen LogP contribution in [0.5, 0.6) is 0 Å². The Labute approximate surface area is 176 Å². The van der Waals surface area contributed by atoms with Gasteiger partial charge in [0.1, 0.15) is 11.9 Å². The van der Waals surface area contributed by atoms with E-state index < -0.39 is 23.7 Å². The maximum atomic E-state index is 14.0. The Balaban J connectivity index is 1.51. The average molecular weight is 430 g/mol. The standard InChI is InChI=1S/C21H17ClFN3O4/c22-12-4-5-14(16(23)8-12)19(28)24-9-11-2-1-3-13-15(11)10-26(21(13)30)17-6-7-18(27)25-20(17)29/h1-5,8,17H,6-7,9-10H2,(H,24,28)(H,25,27,29). The van der Waals surface area contributed by atoms with E-state index >= 15 is 0 Å². The van der Waals surface area contributed by atoms with E-state index in [0.29, 0.717) is 16.7 Å². The van der Waals surface area contributed by atoms with Crippen LogP contribution in [0.25, 0.3) is 0 Å². The van der Waals surface area contributed by atoms with Crippen LogP contribution in [-0.2, 0) is 22.7 Å². The van der Waals surface area contributed by atoms with Crippen molar-refractivity contribution < 1.29 is 23.6 Å². The van der Waals surface area contributed by atoms with Crippen LogP contribution in [0.15, 0.2) is 36.4 Å². The number of benzene rings is 2. The van der Waals surface area contributed by atoms with Crippen molar-refractivity contribution in [2.75, 3.05) is 0 Å². The highest BCUT2D eigenvalue weighted by molar-refractivity contribution is 6.30. The Hall–Kier alpha value is -3.26. The first kappa shape index (κ1) is 20.0. The van der Waals surface area contributed by atoms with Gasteiger partial charge >= 0.3 is 0 Å². The molecule has 2 aliphatic heterocycles. The molecule has 2 aliphatic rings. The predicted molar refractivity (Wildman–Crippen MR) is 105 cm³/mol. The molecular formula is C21H17ClFN3O4. The summed E-state index contributed by atoms with van der Waals surface area (Å²) in [5.74, 6) is -2.46. The summed E-state index contributed by atoms with van der Waals surface area (Å²) in [6.07, 6.45) is 0.443. The molecule has 9 heteroatoms. The SMILES string of the molecule is O=C1CCC(N2Cc3c(CNC(=O)c4ccc(Cl)cc4F)cccc3C2=O)C(=O)N1. The number of nitrogens with zero attached hydrogens (tertiary/aromatic N) is 1. The molecule has 0 aromatic heterocycles. The van der Waals surface area contributed by atoms with Crippen LogP contribution in [0.3, 0.4) is 0 Å². The van der Waals surface area contributed by atoms with Gasteiger partial charge in [-0.25, -0.2) is 4.39 Å². The lowest BCUT2D eigenvalue weighted by Crippen LogP contribution is -2.52. The van der Waals surface area contributed by atoms with Gasteiger partial charge in [-0.15, -0.1) is 0 Å². The van der Waals surface area contributed by atoms with E-state index in [2.05, 4.69) is 10.6 Å². The average Bonchev–Trinajstić information content (AvgIpc) is 3.03. The van der Waals surface area contributed by atoms with E-state index in [1.54, 1.807) is 18.2 Å². The minimum Gasteiger partial charge on any atom is -0.348 e. The number of imide groups is 1. The van der Waals surface area contributed by atoms with Gasteiger partial charge in [0.15, 0.2) is 0 Å². The monoisotopic (exact) mass is 429 g/mol. The lowest BCUT2D eigenvalue weighted by molar-refractivity contribution is -0.136. The summed E-state index contributed by atoms with van der Waals surface area (Å²) in [7, 11) is 0. The van der Waals surface area contributed by atoms with Crippen LogP contribution in [0.2, 0.25) is 5.02 Å². The fraction of sp³-hybridized carbons (Fsp3) is 0.238. The number of fused-ring (bicyclic) bond motifs is 1. The minimum absolute atomic E-state index is 0.0839. The molecule has 1 atom stereocenters. The summed E-state index contributed by atoms with van der Waals surface area (Å²) in [6.45, 7) is 0.280. The van der Waals surface area contributed by atoms with Crippen LogP contribution in [-0.4, -0.2) is 34.6 Å². The van der Waals surface area contributed by atoms with E-state index in [4.69, 9.17) is 11.6 Å². The van der Waals surface area contributed by atoms with Gasteiger partial charge in [0.05, 0.1) is 5.56 Å². The van der Waals surface area contributed by atoms with Crippen molar-refractivity contribution in [1.82, 2.24) is 15.5 Å². The van der Waals surface area contributed by atoms with Gasteiger partial charge < -0.3 is 10.2 Å². The number of nitrogens with one attached hydrogen (secondary N) is 2. The Kier molecular flexibility index (Phi) is 5.26. The summed E-state index contributed by atoms with van der Waals surface area (Å²) >= 11 is 5.71. The maximum Gasteiger partial charge on any atom is 0.255 e. The van der Waals surface area contributed by atoms with Crippen molar-refractivity contribution in [3.8, 4) is 0 Å². The molecule has 7 nitrogen and oxygen atoms in total. The number of amides is 4. The lowest BCUT2D eigenvalue weighted by Gasteiger charge is -2.29. The summed E-state index contributed by atoms with van der Waals surface area (Å²) in [5.41, 5.74) is 1.71. The third kappa shape index (κ3) is 3.66. The molecule has 2 heterocycles. The molecule has 1 fully saturated rings. The Morgan fingerprint density at radius 2 is 2.03 bits per heavy atom. The van der Waals surface area contributed by atoms with Gasteiger partial charge in [0.2, 0.25) is 11.8 Å². The van der Waals surface area contributed by atoms with E-state index in [1.165, 1.54) is 17.0 Å². The smallest absolute Gasteiger partial charge is 0.255 e. The van der Waals surface area contributed by atoms with Crippen LogP contribution < -0.4 is 10.6 Å². The molecule has 0 aliphatic carbocycles. The lowest BCUT2D eigenvalue weighted by atomic mass is 10.0. The minimum atomic E-state index is -0.725. The summed E-state index contributed by atoms with van der Waals surface area (Å²) in [6, 6.07) is 8.19. The molecule has 4 amide bonds. The molecule has 0 bridgehead atoms. The molecule has 2 N–H and O–H groups in total. The molecule has 4 rings (SSSR count). The largest absolute Gasteiger partial charge is 0.348 e. The molecule has 2 aromatic carbocycles. The molecule has 154 valence electrons. The fourth-order valence-corrected chi connectivity index (χ4v) is 3.92. The number of hydrogen-bond acceptors (Lipinski definition) is 4. The van der Waals surface area contributed by atoms with E-state index in [0.717, 1.165) is 6.07 Å². The highest BCUT2D eigenvalue weighted by Gasteiger charge is 2.39. The first-order valence-electron chi connectivity index (χ1n) is 9.34. The second-order valence-electron chi connectivity index (χ2n) is 7.15. The molecule has 30 heavy (non-hydrogen) atoms. The second kappa shape index (κ2) is 7.87.